The highest BCUT2D eigenvalue weighted by molar-refractivity contribution is 5.94. The van der Waals surface area contributed by atoms with E-state index in [2.05, 4.69) is 5.32 Å². The number of carbonyl (C=O) groups is 2. The van der Waals surface area contributed by atoms with Crippen molar-refractivity contribution >= 4 is 17.8 Å². The summed E-state index contributed by atoms with van der Waals surface area (Å²) < 4.78 is 7.33. The lowest BCUT2D eigenvalue weighted by Gasteiger charge is -2.21. The van der Waals surface area contributed by atoms with E-state index in [1.54, 1.807) is 18.4 Å². The topological polar surface area (TPSA) is 80.4 Å². The molecule has 5 rings (SSSR count). The van der Waals surface area contributed by atoms with Crippen LogP contribution < -0.4 is 5.32 Å². The minimum atomic E-state index is -0.350. The van der Waals surface area contributed by atoms with Crippen LogP contribution in [-0.4, -0.2) is 32.8 Å². The average Bonchev–Trinajstić information content (AvgIpc) is 3.60. The zero-order chi connectivity index (χ0) is 27.2. The summed E-state index contributed by atoms with van der Waals surface area (Å²) in [6, 6.07) is 29.1. The highest BCUT2D eigenvalue weighted by atomic mass is 16.3. The van der Waals surface area contributed by atoms with Gasteiger partial charge in [-0.2, -0.15) is 0 Å². The first-order chi connectivity index (χ1) is 18.9. The number of benzene rings is 3. The first kappa shape index (κ1) is 25.7. The Hall–Kier alpha value is -4.91. The van der Waals surface area contributed by atoms with E-state index in [1.165, 1.54) is 4.90 Å². The number of rotatable bonds is 9. The Morgan fingerprint density at radius 2 is 1.56 bits per heavy atom. The fraction of sp³-hybridized carbons (Fsp3) is 0.156. The first-order valence-corrected chi connectivity index (χ1v) is 12.8. The summed E-state index contributed by atoms with van der Waals surface area (Å²) in [5.74, 6) is 0.465. The van der Waals surface area contributed by atoms with Crippen LogP contribution in [0, 0.1) is 13.8 Å². The van der Waals surface area contributed by atoms with Crippen molar-refractivity contribution in [2.75, 3.05) is 11.9 Å². The third kappa shape index (κ3) is 6.51. The van der Waals surface area contributed by atoms with E-state index in [4.69, 9.17) is 9.40 Å². The molecule has 2 aromatic heterocycles. The molecule has 0 unspecified atom stereocenters. The van der Waals surface area contributed by atoms with Gasteiger partial charge in [-0.05, 0) is 43.7 Å². The summed E-state index contributed by atoms with van der Waals surface area (Å²) in [5, 5.41) is 2.94. The van der Waals surface area contributed by atoms with E-state index in [0.29, 0.717) is 11.7 Å². The Bertz CT molecular complexity index is 1540. The Morgan fingerprint density at radius 1 is 0.872 bits per heavy atom. The standard InChI is InChI=1S/C32H30N4O3/c1-23-10-14-26(15-11-23)29-21-36(27-16-12-24(2)13-17-27)32(33-29)34-30(37)22-35(20-28-9-6-18-39-28)31(38)19-25-7-4-3-5-8-25/h3-18,21H,19-20,22H2,1-2H3,(H,33,34,37). The highest BCUT2D eigenvalue weighted by Gasteiger charge is 2.21. The SMILES string of the molecule is Cc1ccc(-c2cn(-c3ccc(C)cc3)c(NC(=O)CN(Cc3ccco3)C(=O)Cc3ccccc3)n2)cc1. The van der Waals surface area contributed by atoms with E-state index >= 15 is 0 Å². The summed E-state index contributed by atoms with van der Waals surface area (Å²) >= 11 is 0. The molecule has 0 aliphatic rings. The van der Waals surface area contributed by atoms with E-state index in [0.717, 1.165) is 33.6 Å². The van der Waals surface area contributed by atoms with Gasteiger partial charge in [0, 0.05) is 17.4 Å². The number of hydrogen-bond acceptors (Lipinski definition) is 4. The van der Waals surface area contributed by atoms with Crippen molar-refractivity contribution in [1.82, 2.24) is 14.5 Å². The maximum absolute atomic E-state index is 13.3. The van der Waals surface area contributed by atoms with Crippen LogP contribution in [0.4, 0.5) is 5.95 Å². The van der Waals surface area contributed by atoms with Crippen molar-refractivity contribution in [1.29, 1.82) is 0 Å². The lowest BCUT2D eigenvalue weighted by Crippen LogP contribution is -2.38. The molecule has 0 spiro atoms. The lowest BCUT2D eigenvalue weighted by atomic mass is 10.1. The number of hydrogen-bond donors (Lipinski definition) is 1. The second-order valence-electron chi connectivity index (χ2n) is 9.56. The van der Waals surface area contributed by atoms with Crippen molar-refractivity contribution in [3.8, 4) is 16.9 Å². The Kier molecular flexibility index (Phi) is 7.68. The molecule has 0 aliphatic heterocycles. The van der Waals surface area contributed by atoms with Gasteiger partial charge in [-0.1, -0.05) is 77.9 Å². The van der Waals surface area contributed by atoms with Crippen molar-refractivity contribution in [2.24, 2.45) is 0 Å². The fourth-order valence-electron chi connectivity index (χ4n) is 4.28. The summed E-state index contributed by atoms with van der Waals surface area (Å²) in [5.41, 5.74) is 5.72. The maximum atomic E-state index is 13.3. The van der Waals surface area contributed by atoms with Crippen molar-refractivity contribution in [3.63, 3.8) is 0 Å². The number of carbonyl (C=O) groups excluding carboxylic acids is 2. The summed E-state index contributed by atoms with van der Waals surface area (Å²) in [4.78, 5) is 32.8. The van der Waals surface area contributed by atoms with Gasteiger partial charge in [0.05, 0.1) is 24.9 Å². The van der Waals surface area contributed by atoms with Gasteiger partial charge in [0.15, 0.2) is 0 Å². The van der Waals surface area contributed by atoms with E-state index in [1.807, 2.05) is 103 Å². The third-order valence-corrected chi connectivity index (χ3v) is 6.43. The minimum Gasteiger partial charge on any atom is -0.467 e. The summed E-state index contributed by atoms with van der Waals surface area (Å²) in [6.07, 6.45) is 3.65. The van der Waals surface area contributed by atoms with Crippen LogP contribution in [-0.2, 0) is 22.6 Å². The van der Waals surface area contributed by atoms with Crippen LogP contribution in [0.5, 0.6) is 0 Å². The Labute approximate surface area is 227 Å². The molecule has 0 atom stereocenters. The quantitative estimate of drug-likeness (QED) is 0.261. The molecule has 0 bridgehead atoms. The van der Waals surface area contributed by atoms with Crippen LogP contribution >= 0.6 is 0 Å². The van der Waals surface area contributed by atoms with Gasteiger partial charge in [0.25, 0.3) is 0 Å². The average molecular weight is 519 g/mol. The molecule has 5 aromatic rings. The molecular weight excluding hydrogens is 488 g/mol. The van der Waals surface area contributed by atoms with Gasteiger partial charge < -0.3 is 9.32 Å². The maximum Gasteiger partial charge on any atom is 0.246 e. The van der Waals surface area contributed by atoms with E-state index in [-0.39, 0.29) is 31.3 Å². The van der Waals surface area contributed by atoms with Gasteiger partial charge in [0.1, 0.15) is 12.3 Å². The van der Waals surface area contributed by atoms with Gasteiger partial charge in [-0.3, -0.25) is 19.5 Å². The molecule has 0 radical (unpaired) electrons. The van der Waals surface area contributed by atoms with E-state index < -0.39 is 0 Å². The largest absolute Gasteiger partial charge is 0.467 e. The first-order valence-electron chi connectivity index (χ1n) is 12.8. The lowest BCUT2D eigenvalue weighted by molar-refractivity contribution is -0.135. The monoisotopic (exact) mass is 518 g/mol. The fourth-order valence-corrected chi connectivity index (χ4v) is 4.28. The van der Waals surface area contributed by atoms with Crippen molar-refractivity contribution in [2.45, 2.75) is 26.8 Å². The number of imidazole rings is 1. The number of nitrogens with one attached hydrogen (secondary N) is 1. The predicted molar refractivity (Wildman–Crippen MR) is 151 cm³/mol. The zero-order valence-electron chi connectivity index (χ0n) is 22.0. The molecular formula is C32H30N4O3. The normalized spacial score (nSPS) is 10.8. The third-order valence-electron chi connectivity index (χ3n) is 6.43. The predicted octanol–water partition coefficient (Wildman–Crippen LogP) is 5.96. The molecule has 196 valence electrons. The van der Waals surface area contributed by atoms with Crippen LogP contribution in [0.1, 0.15) is 22.5 Å². The van der Waals surface area contributed by atoms with Crippen LogP contribution in [0.25, 0.3) is 16.9 Å². The Morgan fingerprint density at radius 3 is 2.23 bits per heavy atom. The molecule has 0 saturated carbocycles. The molecule has 7 heteroatoms. The smallest absolute Gasteiger partial charge is 0.246 e. The van der Waals surface area contributed by atoms with Gasteiger partial charge in [-0.25, -0.2) is 4.98 Å². The molecule has 7 nitrogen and oxygen atoms in total. The van der Waals surface area contributed by atoms with Gasteiger partial charge in [-0.15, -0.1) is 0 Å². The minimum absolute atomic E-state index is 0.146. The molecule has 1 N–H and O–H groups in total. The molecule has 2 heterocycles. The molecule has 0 saturated heterocycles. The summed E-state index contributed by atoms with van der Waals surface area (Å²) in [6.45, 7) is 4.10. The summed E-state index contributed by atoms with van der Waals surface area (Å²) in [7, 11) is 0. The van der Waals surface area contributed by atoms with E-state index in [9.17, 15) is 9.59 Å². The number of aromatic nitrogens is 2. The number of furan rings is 1. The molecule has 2 amide bonds. The highest BCUT2D eigenvalue weighted by Crippen LogP contribution is 2.25. The van der Waals surface area contributed by atoms with Gasteiger partial charge >= 0.3 is 0 Å². The van der Waals surface area contributed by atoms with Crippen LogP contribution in [0.3, 0.4) is 0 Å². The Balaban J connectivity index is 1.40. The van der Waals surface area contributed by atoms with Crippen molar-refractivity contribution < 1.29 is 14.0 Å². The molecule has 3 aromatic carbocycles. The molecule has 0 fully saturated rings. The number of anilines is 1. The second-order valence-corrected chi connectivity index (χ2v) is 9.56. The van der Waals surface area contributed by atoms with Crippen LogP contribution in [0.15, 0.2) is 108 Å². The van der Waals surface area contributed by atoms with Gasteiger partial charge in [0.2, 0.25) is 17.8 Å². The zero-order valence-corrected chi connectivity index (χ0v) is 22.0. The number of aryl methyl sites for hydroxylation is 2. The molecule has 0 aliphatic carbocycles. The van der Waals surface area contributed by atoms with Crippen molar-refractivity contribution in [3.05, 3.63) is 126 Å². The molecule has 39 heavy (non-hydrogen) atoms. The van der Waals surface area contributed by atoms with Crippen LogP contribution in [0.2, 0.25) is 0 Å². The second kappa shape index (κ2) is 11.6. The number of nitrogens with zero attached hydrogens (tertiary/aromatic N) is 3. The number of amides is 2.